The second-order valence-corrected chi connectivity index (χ2v) is 8.52. The maximum atomic E-state index is 13.3. The Kier molecular flexibility index (Phi) is 6.38. The summed E-state index contributed by atoms with van der Waals surface area (Å²) in [5.41, 5.74) is 0.599. The van der Waals surface area contributed by atoms with Crippen LogP contribution < -0.4 is 14.4 Å². The highest BCUT2D eigenvalue weighted by Gasteiger charge is 2.46. The van der Waals surface area contributed by atoms with Crippen LogP contribution in [0.5, 0.6) is 11.5 Å². The molecule has 3 heterocycles. The lowest BCUT2D eigenvalue weighted by atomic mass is 9.95. The zero-order valence-corrected chi connectivity index (χ0v) is 18.8. The highest BCUT2D eigenvalue weighted by Crippen LogP contribution is 2.44. The molecule has 0 saturated heterocycles. The van der Waals surface area contributed by atoms with Crippen LogP contribution in [0.1, 0.15) is 28.2 Å². The van der Waals surface area contributed by atoms with Crippen LogP contribution in [-0.2, 0) is 4.79 Å². The van der Waals surface area contributed by atoms with Crippen molar-refractivity contribution >= 4 is 39.5 Å². The van der Waals surface area contributed by atoms with Crippen molar-refractivity contribution in [1.82, 2.24) is 4.98 Å². The maximum absolute atomic E-state index is 13.3. The number of hydrogen-bond acceptors (Lipinski definition) is 8. The zero-order chi connectivity index (χ0) is 22.7. The fourth-order valence-corrected chi connectivity index (χ4v) is 4.80. The third-order valence-electron chi connectivity index (χ3n) is 4.76. The Morgan fingerprint density at radius 2 is 2.09 bits per heavy atom. The number of ether oxygens (including phenoxy) is 2. The van der Waals surface area contributed by atoms with Crippen LogP contribution in [0, 0.1) is 0 Å². The van der Waals surface area contributed by atoms with E-state index in [-0.39, 0.29) is 5.57 Å². The number of anilines is 1. The van der Waals surface area contributed by atoms with Crippen molar-refractivity contribution in [2.24, 2.45) is 0 Å². The number of ketones is 1. The molecule has 1 aromatic carbocycles. The van der Waals surface area contributed by atoms with Gasteiger partial charge in [0.2, 0.25) is 5.78 Å². The van der Waals surface area contributed by atoms with Gasteiger partial charge in [0.15, 0.2) is 22.4 Å². The number of rotatable bonds is 9. The molecule has 0 radical (unpaired) electrons. The summed E-state index contributed by atoms with van der Waals surface area (Å²) in [6, 6.07) is 7.74. The smallest absolute Gasteiger partial charge is 0.296 e. The summed E-state index contributed by atoms with van der Waals surface area (Å²) in [7, 11) is 0. The standard InChI is InChI=1S/C23H20N2O5S2/c1-3-10-30-15-8-7-14(13-16(15)29-4-2)19-18(20(26)17-6-5-11-31-17)21(27)22(28)25(19)23-24-9-12-32-23/h3,5-9,11-13,19,27H,1,4,10H2,2H3. The number of aliphatic hydroxyl groups excluding tert-OH is 1. The van der Waals surface area contributed by atoms with E-state index in [0.29, 0.717) is 40.3 Å². The van der Waals surface area contributed by atoms with Crippen LogP contribution in [-0.4, -0.2) is 35.0 Å². The summed E-state index contributed by atoms with van der Waals surface area (Å²) in [5.74, 6) is -0.671. The number of benzene rings is 1. The summed E-state index contributed by atoms with van der Waals surface area (Å²) in [6.45, 7) is 6.20. The van der Waals surface area contributed by atoms with Gasteiger partial charge in [0, 0.05) is 11.6 Å². The molecule has 32 heavy (non-hydrogen) atoms. The summed E-state index contributed by atoms with van der Waals surface area (Å²) in [5, 5.41) is 14.6. The maximum Gasteiger partial charge on any atom is 0.296 e. The Hall–Kier alpha value is -3.43. The largest absolute Gasteiger partial charge is 0.503 e. The molecule has 1 unspecified atom stereocenters. The lowest BCUT2D eigenvalue weighted by Crippen LogP contribution is -2.30. The summed E-state index contributed by atoms with van der Waals surface area (Å²) >= 11 is 2.49. The van der Waals surface area contributed by atoms with Gasteiger partial charge < -0.3 is 14.6 Å². The Bertz CT molecular complexity index is 1170. The van der Waals surface area contributed by atoms with Crippen LogP contribution in [0.2, 0.25) is 0 Å². The van der Waals surface area contributed by atoms with E-state index in [1.807, 2.05) is 6.92 Å². The highest BCUT2D eigenvalue weighted by molar-refractivity contribution is 7.14. The van der Waals surface area contributed by atoms with Gasteiger partial charge >= 0.3 is 0 Å². The molecule has 164 valence electrons. The fourth-order valence-electron chi connectivity index (χ4n) is 3.46. The number of hydrogen-bond donors (Lipinski definition) is 1. The van der Waals surface area contributed by atoms with E-state index in [0.717, 1.165) is 0 Å². The second kappa shape index (κ2) is 9.37. The predicted octanol–water partition coefficient (Wildman–Crippen LogP) is 4.95. The Morgan fingerprint density at radius 1 is 1.25 bits per heavy atom. The summed E-state index contributed by atoms with van der Waals surface area (Å²) in [4.78, 5) is 32.4. The Morgan fingerprint density at radius 3 is 2.75 bits per heavy atom. The third-order valence-corrected chi connectivity index (χ3v) is 6.40. The average molecular weight is 469 g/mol. The first-order chi connectivity index (χ1) is 15.6. The van der Waals surface area contributed by atoms with Gasteiger partial charge in [-0.1, -0.05) is 24.8 Å². The molecule has 1 N–H and O–H groups in total. The van der Waals surface area contributed by atoms with E-state index < -0.39 is 23.5 Å². The molecule has 9 heteroatoms. The number of carbonyl (C=O) groups excluding carboxylic acids is 2. The van der Waals surface area contributed by atoms with Gasteiger partial charge in [-0.2, -0.15) is 0 Å². The van der Waals surface area contributed by atoms with Crippen molar-refractivity contribution in [3.05, 3.63) is 81.7 Å². The normalized spacial score (nSPS) is 15.8. The number of thiophene rings is 1. The molecule has 0 aliphatic carbocycles. The molecule has 1 aliphatic rings. The molecular weight excluding hydrogens is 448 g/mol. The number of nitrogens with zero attached hydrogens (tertiary/aromatic N) is 2. The van der Waals surface area contributed by atoms with Crippen LogP contribution in [0.4, 0.5) is 5.13 Å². The first kappa shape index (κ1) is 21.8. The van der Waals surface area contributed by atoms with E-state index in [9.17, 15) is 14.7 Å². The van der Waals surface area contributed by atoms with Crippen molar-refractivity contribution < 1.29 is 24.2 Å². The molecule has 0 spiro atoms. The van der Waals surface area contributed by atoms with Crippen LogP contribution in [0.15, 0.2) is 71.3 Å². The van der Waals surface area contributed by atoms with Crippen LogP contribution in [0.25, 0.3) is 0 Å². The molecular formula is C23H20N2O5S2. The number of aliphatic hydroxyl groups is 1. The zero-order valence-electron chi connectivity index (χ0n) is 17.2. The Balaban J connectivity index is 1.85. The lowest BCUT2D eigenvalue weighted by Gasteiger charge is -2.25. The van der Waals surface area contributed by atoms with Crippen molar-refractivity contribution in [3.63, 3.8) is 0 Å². The number of aromatic nitrogens is 1. The van der Waals surface area contributed by atoms with Crippen molar-refractivity contribution in [1.29, 1.82) is 0 Å². The minimum Gasteiger partial charge on any atom is -0.503 e. The minimum atomic E-state index is -0.865. The predicted molar refractivity (Wildman–Crippen MR) is 124 cm³/mol. The Labute approximate surface area is 192 Å². The van der Waals surface area contributed by atoms with Gasteiger partial charge in [-0.3, -0.25) is 14.5 Å². The second-order valence-electron chi connectivity index (χ2n) is 6.70. The van der Waals surface area contributed by atoms with Gasteiger partial charge in [-0.25, -0.2) is 4.98 Å². The van der Waals surface area contributed by atoms with Gasteiger partial charge in [0.1, 0.15) is 6.61 Å². The molecule has 2 aromatic heterocycles. The lowest BCUT2D eigenvalue weighted by molar-refractivity contribution is -0.117. The van der Waals surface area contributed by atoms with Gasteiger partial charge in [0.05, 0.1) is 23.1 Å². The average Bonchev–Trinajstić information content (AvgIpc) is 3.55. The molecule has 7 nitrogen and oxygen atoms in total. The fraction of sp³-hybridized carbons (Fsp3) is 0.174. The van der Waals surface area contributed by atoms with E-state index in [1.54, 1.807) is 53.4 Å². The first-order valence-corrected chi connectivity index (χ1v) is 11.6. The number of amides is 1. The third kappa shape index (κ3) is 3.92. The molecule has 1 amide bonds. The molecule has 0 bridgehead atoms. The molecule has 1 aliphatic heterocycles. The quantitative estimate of drug-likeness (QED) is 0.353. The number of carbonyl (C=O) groups is 2. The summed E-state index contributed by atoms with van der Waals surface area (Å²) < 4.78 is 11.4. The van der Waals surface area contributed by atoms with Crippen LogP contribution >= 0.6 is 22.7 Å². The molecule has 0 saturated carbocycles. The topological polar surface area (TPSA) is 89.0 Å². The molecule has 0 fully saturated rings. The van der Waals surface area contributed by atoms with E-state index in [4.69, 9.17) is 9.47 Å². The first-order valence-electron chi connectivity index (χ1n) is 9.81. The molecule has 4 rings (SSSR count). The monoisotopic (exact) mass is 468 g/mol. The van der Waals surface area contributed by atoms with E-state index in [1.165, 1.54) is 27.6 Å². The van der Waals surface area contributed by atoms with Gasteiger partial charge in [0.25, 0.3) is 5.91 Å². The number of Topliss-reactive ketones (excluding diaryl/α,β-unsaturated/α-hetero) is 1. The SMILES string of the molecule is C=CCOc1ccc(C2C(C(=O)c3cccs3)=C(O)C(=O)N2c2nccs2)cc1OCC. The van der Waals surface area contributed by atoms with Crippen molar-refractivity contribution in [3.8, 4) is 11.5 Å². The number of thiazole rings is 1. The van der Waals surface area contributed by atoms with Crippen molar-refractivity contribution in [2.45, 2.75) is 13.0 Å². The molecule has 1 atom stereocenters. The summed E-state index contributed by atoms with van der Waals surface area (Å²) in [6.07, 6.45) is 3.19. The van der Waals surface area contributed by atoms with E-state index >= 15 is 0 Å². The van der Waals surface area contributed by atoms with Crippen LogP contribution in [0.3, 0.4) is 0 Å². The van der Waals surface area contributed by atoms with Gasteiger partial charge in [-0.05, 0) is 36.1 Å². The molecule has 3 aromatic rings. The minimum absolute atomic E-state index is 0.00913. The van der Waals surface area contributed by atoms with Crippen molar-refractivity contribution in [2.75, 3.05) is 18.1 Å². The van der Waals surface area contributed by atoms with E-state index in [2.05, 4.69) is 11.6 Å². The van der Waals surface area contributed by atoms with Gasteiger partial charge in [-0.15, -0.1) is 22.7 Å². The highest BCUT2D eigenvalue weighted by atomic mass is 32.1.